The van der Waals surface area contributed by atoms with Gasteiger partial charge in [0.05, 0.1) is 0 Å². The number of hydrogen-bond acceptors (Lipinski definition) is 4. The Morgan fingerprint density at radius 2 is 2.10 bits per heavy atom. The first kappa shape index (κ1) is 16.0. The third-order valence-corrected chi connectivity index (χ3v) is 2.86. The molecule has 0 heterocycles. The van der Waals surface area contributed by atoms with E-state index >= 15 is 0 Å². The van der Waals surface area contributed by atoms with Crippen LogP contribution in [0.4, 0.5) is 0 Å². The fourth-order valence-electron chi connectivity index (χ4n) is 1.77. The highest BCUT2D eigenvalue weighted by atomic mass is 16.5. The molecule has 0 aromatic heterocycles. The normalized spacial score (nSPS) is 11.4. The van der Waals surface area contributed by atoms with Gasteiger partial charge in [0, 0.05) is 25.6 Å². The molecule has 0 spiro atoms. The first-order valence-corrected chi connectivity index (χ1v) is 6.77. The maximum absolute atomic E-state index is 11.3. The summed E-state index contributed by atoms with van der Waals surface area (Å²) < 4.78 is 5.19. The van der Waals surface area contributed by atoms with Gasteiger partial charge in [-0.2, -0.15) is 5.26 Å². The van der Waals surface area contributed by atoms with Gasteiger partial charge in [0.25, 0.3) is 0 Å². The molecular formula is C15H21N3O2. The molecule has 1 aromatic carbocycles. The first-order chi connectivity index (χ1) is 9.67. The summed E-state index contributed by atoms with van der Waals surface area (Å²) in [6.07, 6.45) is 0.474. The smallest absolute Gasteiger partial charge is 0.221 e. The van der Waals surface area contributed by atoms with Crippen LogP contribution in [0.3, 0.4) is 0 Å². The van der Waals surface area contributed by atoms with Crippen LogP contribution in [-0.4, -0.2) is 25.6 Å². The van der Waals surface area contributed by atoms with Gasteiger partial charge in [-0.3, -0.25) is 4.79 Å². The molecule has 1 atom stereocenters. The molecule has 1 rings (SSSR count). The minimum absolute atomic E-state index is 0.0552. The fraction of sp³-hybridized carbons (Fsp3) is 0.467. The Morgan fingerprint density at radius 1 is 1.40 bits per heavy atom. The summed E-state index contributed by atoms with van der Waals surface area (Å²) in [5, 5.41) is 14.5. The molecule has 5 nitrogen and oxygen atoms in total. The van der Waals surface area contributed by atoms with Gasteiger partial charge in [0.1, 0.15) is 11.8 Å². The molecule has 1 amide bonds. The molecule has 0 fully saturated rings. The summed E-state index contributed by atoms with van der Waals surface area (Å²) in [5.41, 5.74) is 1.12. The number of amides is 1. The van der Waals surface area contributed by atoms with Gasteiger partial charge in [0.15, 0.2) is 6.61 Å². The summed E-state index contributed by atoms with van der Waals surface area (Å²) >= 11 is 0. The predicted octanol–water partition coefficient (Wildman–Crippen LogP) is 1.77. The Morgan fingerprint density at radius 3 is 2.70 bits per heavy atom. The molecule has 5 heteroatoms. The van der Waals surface area contributed by atoms with E-state index in [9.17, 15) is 4.79 Å². The maximum Gasteiger partial charge on any atom is 0.221 e. The minimum Gasteiger partial charge on any atom is -0.479 e. The molecular weight excluding hydrogens is 254 g/mol. The Kier molecular flexibility index (Phi) is 7.15. The Hall–Kier alpha value is -2.06. The van der Waals surface area contributed by atoms with Crippen molar-refractivity contribution in [1.82, 2.24) is 10.6 Å². The molecule has 0 aliphatic carbocycles. The quantitative estimate of drug-likeness (QED) is 0.758. The molecule has 0 saturated heterocycles. The SMILES string of the molecule is CCNC(=O)CCNC(C)c1ccc(OCC#N)cc1. The van der Waals surface area contributed by atoms with Gasteiger partial charge in [0.2, 0.25) is 5.91 Å². The number of nitrogens with one attached hydrogen (secondary N) is 2. The maximum atomic E-state index is 11.3. The fourth-order valence-corrected chi connectivity index (χ4v) is 1.77. The molecule has 0 radical (unpaired) electrons. The third-order valence-electron chi connectivity index (χ3n) is 2.86. The van der Waals surface area contributed by atoms with Crippen LogP contribution < -0.4 is 15.4 Å². The van der Waals surface area contributed by atoms with Crippen LogP contribution in [0.25, 0.3) is 0 Å². The van der Waals surface area contributed by atoms with Gasteiger partial charge in [-0.25, -0.2) is 0 Å². The lowest BCUT2D eigenvalue weighted by Gasteiger charge is -2.14. The molecule has 2 N–H and O–H groups in total. The van der Waals surface area contributed by atoms with Crippen molar-refractivity contribution >= 4 is 5.91 Å². The molecule has 0 saturated carbocycles. The minimum atomic E-state index is 0.0552. The number of nitrogens with zero attached hydrogens (tertiary/aromatic N) is 1. The highest BCUT2D eigenvalue weighted by molar-refractivity contribution is 5.75. The van der Waals surface area contributed by atoms with Crippen LogP contribution in [0.2, 0.25) is 0 Å². The average molecular weight is 275 g/mol. The highest BCUT2D eigenvalue weighted by Gasteiger charge is 2.06. The van der Waals surface area contributed by atoms with Crippen molar-refractivity contribution in [2.24, 2.45) is 0 Å². The van der Waals surface area contributed by atoms with E-state index in [0.29, 0.717) is 25.3 Å². The number of rotatable bonds is 8. The zero-order valence-electron chi connectivity index (χ0n) is 12.0. The van der Waals surface area contributed by atoms with Crippen LogP contribution in [-0.2, 0) is 4.79 Å². The number of carbonyl (C=O) groups excluding carboxylic acids is 1. The number of carbonyl (C=O) groups is 1. The molecule has 108 valence electrons. The van der Waals surface area contributed by atoms with E-state index in [0.717, 1.165) is 5.56 Å². The second-order valence-corrected chi connectivity index (χ2v) is 4.40. The first-order valence-electron chi connectivity index (χ1n) is 6.77. The van der Waals surface area contributed by atoms with Gasteiger partial charge in [-0.05, 0) is 31.5 Å². The van der Waals surface area contributed by atoms with E-state index in [2.05, 4.69) is 10.6 Å². The van der Waals surface area contributed by atoms with Crippen LogP contribution >= 0.6 is 0 Å². The Labute approximate surface area is 119 Å². The van der Waals surface area contributed by atoms with Crippen molar-refractivity contribution < 1.29 is 9.53 Å². The number of hydrogen-bond donors (Lipinski definition) is 2. The lowest BCUT2D eigenvalue weighted by Crippen LogP contribution is -2.28. The van der Waals surface area contributed by atoms with Crippen LogP contribution in [0.1, 0.15) is 31.9 Å². The number of ether oxygens (including phenoxy) is 1. The standard InChI is InChI=1S/C15H21N3O2/c1-3-17-15(19)8-10-18-12(2)13-4-6-14(7-5-13)20-11-9-16/h4-7,12,18H,3,8,10-11H2,1-2H3,(H,17,19). The van der Waals surface area contributed by atoms with Crippen molar-refractivity contribution in [3.05, 3.63) is 29.8 Å². The molecule has 0 bridgehead atoms. The summed E-state index contributed by atoms with van der Waals surface area (Å²) in [7, 11) is 0. The number of benzene rings is 1. The van der Waals surface area contributed by atoms with Gasteiger partial charge in [-0.15, -0.1) is 0 Å². The summed E-state index contributed by atoms with van der Waals surface area (Å²) in [5.74, 6) is 0.747. The highest BCUT2D eigenvalue weighted by Crippen LogP contribution is 2.17. The Bertz CT molecular complexity index is 451. The topological polar surface area (TPSA) is 74.2 Å². The third kappa shape index (κ3) is 5.72. The zero-order valence-corrected chi connectivity index (χ0v) is 12.0. The van der Waals surface area contributed by atoms with Crippen molar-refractivity contribution in [2.75, 3.05) is 19.7 Å². The van der Waals surface area contributed by atoms with Crippen LogP contribution in [0, 0.1) is 11.3 Å². The van der Waals surface area contributed by atoms with Crippen molar-refractivity contribution in [2.45, 2.75) is 26.3 Å². The lowest BCUT2D eigenvalue weighted by molar-refractivity contribution is -0.120. The molecule has 0 aliphatic rings. The van der Waals surface area contributed by atoms with Gasteiger partial charge >= 0.3 is 0 Å². The van der Waals surface area contributed by atoms with E-state index in [1.54, 1.807) is 0 Å². The van der Waals surface area contributed by atoms with Crippen molar-refractivity contribution in [3.8, 4) is 11.8 Å². The van der Waals surface area contributed by atoms with Crippen LogP contribution in [0.5, 0.6) is 5.75 Å². The largest absolute Gasteiger partial charge is 0.479 e. The van der Waals surface area contributed by atoms with E-state index in [1.165, 1.54) is 0 Å². The molecule has 20 heavy (non-hydrogen) atoms. The summed E-state index contributed by atoms with van der Waals surface area (Å²) in [4.78, 5) is 11.3. The van der Waals surface area contributed by atoms with Gasteiger partial charge < -0.3 is 15.4 Å². The van der Waals surface area contributed by atoms with Gasteiger partial charge in [-0.1, -0.05) is 12.1 Å². The van der Waals surface area contributed by atoms with Crippen molar-refractivity contribution in [1.29, 1.82) is 5.26 Å². The second kappa shape index (κ2) is 8.94. The zero-order chi connectivity index (χ0) is 14.8. The van der Waals surface area contributed by atoms with E-state index in [-0.39, 0.29) is 18.6 Å². The van der Waals surface area contributed by atoms with Crippen molar-refractivity contribution in [3.63, 3.8) is 0 Å². The molecule has 0 aliphatic heterocycles. The summed E-state index contributed by atoms with van der Waals surface area (Å²) in [6.45, 7) is 5.31. The Balaban J connectivity index is 2.37. The average Bonchev–Trinajstić information content (AvgIpc) is 2.46. The molecule has 1 unspecified atom stereocenters. The van der Waals surface area contributed by atoms with Crippen LogP contribution in [0.15, 0.2) is 24.3 Å². The van der Waals surface area contributed by atoms with E-state index < -0.39 is 0 Å². The van der Waals surface area contributed by atoms with E-state index in [1.807, 2.05) is 44.2 Å². The lowest BCUT2D eigenvalue weighted by atomic mass is 10.1. The monoisotopic (exact) mass is 275 g/mol. The summed E-state index contributed by atoms with van der Waals surface area (Å²) in [6, 6.07) is 9.68. The predicted molar refractivity (Wildman–Crippen MR) is 77.3 cm³/mol. The number of nitriles is 1. The second-order valence-electron chi connectivity index (χ2n) is 4.40. The van der Waals surface area contributed by atoms with E-state index in [4.69, 9.17) is 10.00 Å². The molecule has 1 aromatic rings.